The number of anilines is 2. The van der Waals surface area contributed by atoms with E-state index in [0.29, 0.717) is 22.7 Å². The van der Waals surface area contributed by atoms with Crippen molar-refractivity contribution in [1.29, 1.82) is 0 Å². The average Bonchev–Trinajstić information content (AvgIpc) is 2.94. The highest BCUT2D eigenvalue weighted by Gasteiger charge is 2.24. The number of nitrogens with one attached hydrogen (secondary N) is 2. The lowest BCUT2D eigenvalue weighted by molar-refractivity contribution is -0.122. The number of para-hydroxylation sites is 1. The minimum Gasteiger partial charge on any atom is -0.479 e. The molecular weight excluding hydrogens is 318 g/mol. The number of benzene rings is 2. The number of carbonyl (C=O) groups excluding carboxylic acids is 2. The van der Waals surface area contributed by atoms with Gasteiger partial charge < -0.3 is 19.9 Å². The first-order chi connectivity index (χ1) is 12.0. The van der Waals surface area contributed by atoms with E-state index in [9.17, 15) is 9.59 Å². The predicted molar refractivity (Wildman–Crippen MR) is 96.0 cm³/mol. The van der Waals surface area contributed by atoms with E-state index >= 15 is 0 Å². The van der Waals surface area contributed by atoms with Crippen LogP contribution in [0.15, 0.2) is 48.7 Å². The van der Waals surface area contributed by atoms with E-state index in [0.717, 1.165) is 10.9 Å². The Bertz CT molecular complexity index is 1010. The number of aryl methyl sites for hydroxylation is 1. The lowest BCUT2D eigenvalue weighted by Gasteiger charge is -2.23. The molecule has 4 rings (SSSR count). The van der Waals surface area contributed by atoms with Gasteiger partial charge in [-0.05, 0) is 31.2 Å². The Morgan fingerprint density at radius 1 is 1.24 bits per heavy atom. The molecule has 126 valence electrons. The van der Waals surface area contributed by atoms with Crippen LogP contribution in [0.25, 0.3) is 10.9 Å². The molecule has 6 nitrogen and oxygen atoms in total. The number of aromatic nitrogens is 1. The molecule has 0 saturated carbocycles. The van der Waals surface area contributed by atoms with Gasteiger partial charge in [-0.2, -0.15) is 0 Å². The minimum absolute atomic E-state index is 0.201. The number of rotatable bonds is 2. The van der Waals surface area contributed by atoms with Gasteiger partial charge in [0.25, 0.3) is 11.8 Å². The summed E-state index contributed by atoms with van der Waals surface area (Å²) in [6.07, 6.45) is 1.29. The first-order valence-electron chi connectivity index (χ1n) is 8.00. The quantitative estimate of drug-likeness (QED) is 0.756. The Morgan fingerprint density at radius 3 is 2.88 bits per heavy atom. The number of fused-ring (bicyclic) bond motifs is 2. The van der Waals surface area contributed by atoms with Crippen molar-refractivity contribution in [2.75, 3.05) is 10.6 Å². The van der Waals surface area contributed by atoms with Crippen molar-refractivity contribution in [2.24, 2.45) is 7.05 Å². The van der Waals surface area contributed by atoms with Crippen LogP contribution in [0.2, 0.25) is 0 Å². The number of hydrogen-bond acceptors (Lipinski definition) is 3. The van der Waals surface area contributed by atoms with Gasteiger partial charge in [0, 0.05) is 29.8 Å². The molecule has 2 aromatic carbocycles. The van der Waals surface area contributed by atoms with E-state index in [2.05, 4.69) is 10.6 Å². The molecule has 0 saturated heterocycles. The summed E-state index contributed by atoms with van der Waals surface area (Å²) in [6, 6.07) is 12.9. The van der Waals surface area contributed by atoms with Gasteiger partial charge in [0.2, 0.25) is 0 Å². The molecule has 0 fully saturated rings. The van der Waals surface area contributed by atoms with E-state index in [-0.39, 0.29) is 11.8 Å². The zero-order valence-corrected chi connectivity index (χ0v) is 13.9. The van der Waals surface area contributed by atoms with Gasteiger partial charge >= 0.3 is 0 Å². The summed E-state index contributed by atoms with van der Waals surface area (Å²) in [5.74, 6) is 0.188. The van der Waals surface area contributed by atoms with Crippen LogP contribution in [-0.2, 0) is 11.8 Å². The third-order valence-electron chi connectivity index (χ3n) is 4.31. The van der Waals surface area contributed by atoms with Crippen molar-refractivity contribution in [3.63, 3.8) is 0 Å². The first-order valence-corrected chi connectivity index (χ1v) is 8.00. The van der Waals surface area contributed by atoms with Gasteiger partial charge in [-0.15, -0.1) is 0 Å². The smallest absolute Gasteiger partial charge is 0.265 e. The van der Waals surface area contributed by atoms with E-state index in [4.69, 9.17) is 4.74 Å². The maximum atomic E-state index is 12.7. The Hall–Kier alpha value is -3.28. The zero-order chi connectivity index (χ0) is 17.6. The van der Waals surface area contributed by atoms with Crippen molar-refractivity contribution in [1.82, 2.24) is 4.57 Å². The summed E-state index contributed by atoms with van der Waals surface area (Å²) in [5, 5.41) is 6.55. The van der Waals surface area contributed by atoms with Gasteiger partial charge in [-0.25, -0.2) is 0 Å². The summed E-state index contributed by atoms with van der Waals surface area (Å²) < 4.78 is 7.44. The summed E-state index contributed by atoms with van der Waals surface area (Å²) in [7, 11) is 1.91. The maximum Gasteiger partial charge on any atom is 0.265 e. The monoisotopic (exact) mass is 335 g/mol. The molecule has 0 bridgehead atoms. The molecule has 0 radical (unpaired) electrons. The molecule has 1 aliphatic rings. The summed E-state index contributed by atoms with van der Waals surface area (Å²) >= 11 is 0. The van der Waals surface area contributed by atoms with Gasteiger partial charge in [-0.1, -0.05) is 18.2 Å². The minimum atomic E-state index is -0.524. The molecule has 6 heteroatoms. The third-order valence-corrected chi connectivity index (χ3v) is 4.31. The molecule has 3 aromatic rings. The standard InChI is InChI=1S/C19H17N3O3/c1-11-18(23)21-15-9-12(7-8-17(15)25-11)20-19(24)14-10-22(2)16-6-4-3-5-13(14)16/h3-11H,1-2H3,(H,20,24)(H,21,23)/t11-/m1/s1. The maximum absolute atomic E-state index is 12.7. The highest BCUT2D eigenvalue weighted by Crippen LogP contribution is 2.32. The molecular formula is C19H17N3O3. The Labute approximate surface area is 144 Å². The van der Waals surface area contributed by atoms with Gasteiger partial charge in [0.1, 0.15) is 5.75 Å². The first kappa shape index (κ1) is 15.3. The Kier molecular flexibility index (Phi) is 3.46. The topological polar surface area (TPSA) is 72.4 Å². The molecule has 0 aliphatic carbocycles. The number of carbonyl (C=O) groups is 2. The van der Waals surface area contributed by atoms with Crippen LogP contribution in [0, 0.1) is 0 Å². The molecule has 1 atom stereocenters. The summed E-state index contributed by atoms with van der Waals surface area (Å²) in [6.45, 7) is 1.69. The Morgan fingerprint density at radius 2 is 2.04 bits per heavy atom. The van der Waals surface area contributed by atoms with Crippen molar-refractivity contribution >= 4 is 34.1 Å². The lowest BCUT2D eigenvalue weighted by atomic mass is 10.1. The SMILES string of the molecule is C[C@H]1Oc2ccc(NC(=O)c3cn(C)c4ccccc34)cc2NC1=O. The van der Waals surface area contributed by atoms with Crippen LogP contribution >= 0.6 is 0 Å². The predicted octanol–water partition coefficient (Wildman–Crippen LogP) is 3.15. The van der Waals surface area contributed by atoms with Crippen LogP contribution in [-0.4, -0.2) is 22.5 Å². The average molecular weight is 335 g/mol. The van der Waals surface area contributed by atoms with Crippen molar-refractivity contribution in [2.45, 2.75) is 13.0 Å². The fraction of sp³-hybridized carbons (Fsp3) is 0.158. The highest BCUT2D eigenvalue weighted by atomic mass is 16.5. The van der Waals surface area contributed by atoms with Crippen molar-refractivity contribution in [3.8, 4) is 5.75 Å². The zero-order valence-electron chi connectivity index (χ0n) is 13.9. The van der Waals surface area contributed by atoms with Gasteiger partial charge in [0.05, 0.1) is 11.3 Å². The Balaban J connectivity index is 1.63. The fourth-order valence-corrected chi connectivity index (χ4v) is 3.01. The molecule has 2 amide bonds. The second-order valence-corrected chi connectivity index (χ2v) is 6.09. The summed E-state index contributed by atoms with van der Waals surface area (Å²) in [4.78, 5) is 24.4. The molecule has 0 spiro atoms. The van der Waals surface area contributed by atoms with E-state index in [1.807, 2.05) is 42.1 Å². The summed E-state index contributed by atoms with van der Waals surface area (Å²) in [5.41, 5.74) is 2.74. The fourth-order valence-electron chi connectivity index (χ4n) is 3.01. The second-order valence-electron chi connectivity index (χ2n) is 6.09. The highest BCUT2D eigenvalue weighted by molar-refractivity contribution is 6.13. The van der Waals surface area contributed by atoms with Gasteiger partial charge in [-0.3, -0.25) is 9.59 Å². The molecule has 2 heterocycles. The van der Waals surface area contributed by atoms with Crippen LogP contribution in [0.5, 0.6) is 5.75 Å². The molecule has 1 aliphatic heterocycles. The van der Waals surface area contributed by atoms with E-state index in [1.54, 1.807) is 25.1 Å². The second kappa shape index (κ2) is 5.66. The van der Waals surface area contributed by atoms with Crippen LogP contribution in [0.3, 0.4) is 0 Å². The van der Waals surface area contributed by atoms with Crippen LogP contribution in [0.4, 0.5) is 11.4 Å². The number of hydrogen-bond donors (Lipinski definition) is 2. The molecule has 25 heavy (non-hydrogen) atoms. The normalized spacial score (nSPS) is 16.1. The lowest BCUT2D eigenvalue weighted by Crippen LogP contribution is -2.34. The van der Waals surface area contributed by atoms with Crippen molar-refractivity contribution < 1.29 is 14.3 Å². The van der Waals surface area contributed by atoms with Crippen LogP contribution in [0.1, 0.15) is 17.3 Å². The van der Waals surface area contributed by atoms with Crippen molar-refractivity contribution in [3.05, 3.63) is 54.2 Å². The largest absolute Gasteiger partial charge is 0.479 e. The number of amides is 2. The molecule has 1 aromatic heterocycles. The molecule has 2 N–H and O–H groups in total. The third kappa shape index (κ3) is 2.61. The van der Waals surface area contributed by atoms with Crippen LogP contribution < -0.4 is 15.4 Å². The molecule has 0 unspecified atom stereocenters. The van der Waals surface area contributed by atoms with E-state index in [1.165, 1.54) is 0 Å². The number of ether oxygens (including phenoxy) is 1. The van der Waals surface area contributed by atoms with Gasteiger partial charge in [0.15, 0.2) is 6.10 Å². The number of nitrogens with zero attached hydrogens (tertiary/aromatic N) is 1. The van der Waals surface area contributed by atoms with E-state index < -0.39 is 6.10 Å².